The number of nitrogens with zero attached hydrogens (tertiary/aromatic N) is 1. The van der Waals surface area contributed by atoms with Gasteiger partial charge in [-0.2, -0.15) is 0 Å². The zero-order valence-electron chi connectivity index (χ0n) is 14.4. The molecule has 1 unspecified atom stereocenters. The van der Waals surface area contributed by atoms with Gasteiger partial charge in [0.15, 0.2) is 0 Å². The smallest absolute Gasteiger partial charge is 0.223 e. The molecule has 24 heavy (non-hydrogen) atoms. The highest BCUT2D eigenvalue weighted by atomic mass is 16.5. The molecular weight excluding hydrogens is 306 g/mol. The van der Waals surface area contributed by atoms with Crippen molar-refractivity contribution in [1.82, 2.24) is 4.90 Å². The molecule has 3 rings (SSSR count). The normalized spacial score (nSPS) is 25.0. The van der Waals surface area contributed by atoms with Gasteiger partial charge >= 0.3 is 0 Å². The summed E-state index contributed by atoms with van der Waals surface area (Å²) in [5.74, 6) is 1.40. The van der Waals surface area contributed by atoms with E-state index in [0.29, 0.717) is 25.5 Å². The summed E-state index contributed by atoms with van der Waals surface area (Å²) in [5.41, 5.74) is -0.151. The first-order chi connectivity index (χ1) is 11.6. The van der Waals surface area contributed by atoms with Crippen molar-refractivity contribution in [2.24, 2.45) is 5.92 Å². The van der Waals surface area contributed by atoms with Gasteiger partial charge in [0.25, 0.3) is 0 Å². The summed E-state index contributed by atoms with van der Waals surface area (Å²) in [6.07, 6.45) is 4.12. The standard InChI is InChI=1S/C19H27NO4/c1-15-5-2-3-8-17(15)24-14-19(22)12-20(9-10-23-13-19)18(21)11-16-6-4-7-16/h2-3,5,8,16,22H,4,6-7,9-14H2,1H3. The van der Waals surface area contributed by atoms with Crippen molar-refractivity contribution < 1.29 is 19.4 Å². The Hall–Kier alpha value is -1.59. The molecule has 1 aromatic rings. The van der Waals surface area contributed by atoms with Gasteiger partial charge in [-0.25, -0.2) is 0 Å². The Morgan fingerprint density at radius 1 is 1.42 bits per heavy atom. The highest BCUT2D eigenvalue weighted by Gasteiger charge is 2.36. The maximum atomic E-state index is 12.5. The first kappa shape index (κ1) is 17.2. The van der Waals surface area contributed by atoms with Gasteiger partial charge in [0.05, 0.1) is 19.8 Å². The van der Waals surface area contributed by atoms with E-state index in [1.807, 2.05) is 31.2 Å². The highest BCUT2D eigenvalue weighted by Crippen LogP contribution is 2.30. The van der Waals surface area contributed by atoms with Crippen molar-refractivity contribution in [3.8, 4) is 5.75 Å². The lowest BCUT2D eigenvalue weighted by atomic mass is 9.82. The molecule has 132 valence electrons. The van der Waals surface area contributed by atoms with Gasteiger partial charge < -0.3 is 19.5 Å². The third-order valence-corrected chi connectivity index (χ3v) is 4.99. The van der Waals surface area contributed by atoms with E-state index in [9.17, 15) is 9.90 Å². The topological polar surface area (TPSA) is 59.0 Å². The summed E-state index contributed by atoms with van der Waals surface area (Å²) in [7, 11) is 0. The number of hydrogen-bond acceptors (Lipinski definition) is 4. The summed E-state index contributed by atoms with van der Waals surface area (Å²) >= 11 is 0. The summed E-state index contributed by atoms with van der Waals surface area (Å²) in [4.78, 5) is 14.2. The Labute approximate surface area is 143 Å². The van der Waals surface area contributed by atoms with Crippen LogP contribution in [0.2, 0.25) is 0 Å². The number of carbonyl (C=O) groups is 1. The molecule has 0 spiro atoms. The van der Waals surface area contributed by atoms with E-state index in [1.165, 1.54) is 6.42 Å². The van der Waals surface area contributed by atoms with Crippen molar-refractivity contribution in [2.45, 2.75) is 38.2 Å². The molecule has 2 aliphatic rings. The SMILES string of the molecule is Cc1ccccc1OCC1(O)COCCN(C(=O)CC2CCC2)C1. The number of hydrogen-bond donors (Lipinski definition) is 1. The number of carbonyl (C=O) groups excluding carboxylic acids is 1. The van der Waals surface area contributed by atoms with Crippen LogP contribution in [0.25, 0.3) is 0 Å². The number of amides is 1. The lowest BCUT2D eigenvalue weighted by molar-refractivity contribution is -0.136. The second kappa shape index (κ2) is 7.53. The molecule has 0 bridgehead atoms. The number of benzene rings is 1. The largest absolute Gasteiger partial charge is 0.490 e. The third kappa shape index (κ3) is 4.28. The Morgan fingerprint density at radius 2 is 2.21 bits per heavy atom. The van der Waals surface area contributed by atoms with Crippen molar-refractivity contribution in [1.29, 1.82) is 0 Å². The Balaban J connectivity index is 1.59. The Morgan fingerprint density at radius 3 is 2.92 bits per heavy atom. The molecule has 1 atom stereocenters. The fourth-order valence-corrected chi connectivity index (χ4v) is 3.22. The third-order valence-electron chi connectivity index (χ3n) is 4.99. The highest BCUT2D eigenvalue weighted by molar-refractivity contribution is 5.76. The molecule has 2 fully saturated rings. The van der Waals surface area contributed by atoms with E-state index >= 15 is 0 Å². The molecule has 5 nitrogen and oxygen atoms in total. The van der Waals surface area contributed by atoms with Crippen molar-refractivity contribution in [2.75, 3.05) is 32.9 Å². The number of rotatable bonds is 5. The van der Waals surface area contributed by atoms with Crippen LogP contribution in [0, 0.1) is 12.8 Å². The monoisotopic (exact) mass is 333 g/mol. The number of para-hydroxylation sites is 1. The van der Waals surface area contributed by atoms with Gasteiger partial charge in [0.2, 0.25) is 5.91 Å². The minimum atomic E-state index is -1.17. The van der Waals surface area contributed by atoms with Gasteiger partial charge in [0.1, 0.15) is 18.0 Å². The van der Waals surface area contributed by atoms with Gasteiger partial charge in [0, 0.05) is 13.0 Å². The number of aliphatic hydroxyl groups is 1. The summed E-state index contributed by atoms with van der Waals surface area (Å²) in [6, 6.07) is 7.71. The van der Waals surface area contributed by atoms with Crippen molar-refractivity contribution in [3.05, 3.63) is 29.8 Å². The van der Waals surface area contributed by atoms with Crippen LogP contribution >= 0.6 is 0 Å². The molecule has 1 N–H and O–H groups in total. The van der Waals surface area contributed by atoms with Crippen LogP contribution in [-0.4, -0.2) is 54.4 Å². The van der Waals surface area contributed by atoms with E-state index in [-0.39, 0.29) is 25.7 Å². The minimum Gasteiger partial charge on any atom is -0.490 e. The zero-order chi connectivity index (χ0) is 17.0. The maximum Gasteiger partial charge on any atom is 0.223 e. The van der Waals surface area contributed by atoms with Gasteiger partial charge in [-0.15, -0.1) is 0 Å². The molecule has 1 saturated carbocycles. The van der Waals surface area contributed by atoms with Crippen molar-refractivity contribution in [3.63, 3.8) is 0 Å². The van der Waals surface area contributed by atoms with Crippen LogP contribution in [0.5, 0.6) is 5.75 Å². The molecule has 0 radical (unpaired) electrons. The summed E-state index contributed by atoms with van der Waals surface area (Å²) < 4.78 is 11.3. The molecular formula is C19H27NO4. The fraction of sp³-hybridized carbons (Fsp3) is 0.632. The number of ether oxygens (including phenoxy) is 2. The molecule has 1 aliphatic carbocycles. The maximum absolute atomic E-state index is 12.5. The Kier molecular flexibility index (Phi) is 5.41. The van der Waals surface area contributed by atoms with E-state index < -0.39 is 5.60 Å². The first-order valence-corrected chi connectivity index (χ1v) is 8.82. The van der Waals surface area contributed by atoms with Crippen LogP contribution < -0.4 is 4.74 Å². The van der Waals surface area contributed by atoms with Crippen LogP contribution in [0.1, 0.15) is 31.2 Å². The second-order valence-electron chi connectivity index (χ2n) is 7.15. The first-order valence-electron chi connectivity index (χ1n) is 8.82. The minimum absolute atomic E-state index is 0.116. The number of β-amino-alcohol motifs (C(OH)–C–C–N with tert-alkyl or cyclic N) is 1. The van der Waals surface area contributed by atoms with Crippen LogP contribution in [0.15, 0.2) is 24.3 Å². The molecule has 1 amide bonds. The lowest BCUT2D eigenvalue weighted by Crippen LogP contribution is -2.50. The van der Waals surface area contributed by atoms with Crippen molar-refractivity contribution >= 4 is 5.91 Å². The molecule has 0 aromatic heterocycles. The average molecular weight is 333 g/mol. The molecule has 1 aromatic carbocycles. The van der Waals surface area contributed by atoms with E-state index in [4.69, 9.17) is 9.47 Å². The average Bonchev–Trinajstić information content (AvgIpc) is 2.72. The van der Waals surface area contributed by atoms with Crippen LogP contribution in [0.3, 0.4) is 0 Å². The molecule has 1 saturated heterocycles. The summed E-state index contributed by atoms with van der Waals surface area (Å²) in [6.45, 7) is 3.54. The van der Waals surface area contributed by atoms with E-state index in [0.717, 1.165) is 24.2 Å². The fourth-order valence-electron chi connectivity index (χ4n) is 3.22. The molecule has 5 heteroatoms. The second-order valence-corrected chi connectivity index (χ2v) is 7.15. The number of aryl methyl sites for hydroxylation is 1. The lowest BCUT2D eigenvalue weighted by Gasteiger charge is -2.32. The molecule has 1 aliphatic heterocycles. The van der Waals surface area contributed by atoms with Gasteiger partial charge in [-0.3, -0.25) is 4.79 Å². The predicted molar refractivity (Wildman–Crippen MR) is 91.0 cm³/mol. The zero-order valence-corrected chi connectivity index (χ0v) is 14.4. The molecule has 1 heterocycles. The van der Waals surface area contributed by atoms with E-state index in [1.54, 1.807) is 4.90 Å². The quantitative estimate of drug-likeness (QED) is 0.897. The van der Waals surface area contributed by atoms with Gasteiger partial charge in [-0.1, -0.05) is 24.6 Å². The van der Waals surface area contributed by atoms with E-state index in [2.05, 4.69) is 0 Å². The summed E-state index contributed by atoms with van der Waals surface area (Å²) in [5, 5.41) is 10.9. The van der Waals surface area contributed by atoms with Gasteiger partial charge in [-0.05, 0) is 37.3 Å². The van der Waals surface area contributed by atoms with Crippen LogP contribution in [0.4, 0.5) is 0 Å². The predicted octanol–water partition coefficient (Wildman–Crippen LogP) is 2.15. The Bertz CT molecular complexity index is 572. The van der Waals surface area contributed by atoms with Crippen LogP contribution in [-0.2, 0) is 9.53 Å².